The van der Waals surface area contributed by atoms with E-state index in [-0.39, 0.29) is 23.0 Å². The Bertz CT molecular complexity index is 4010. The average Bonchev–Trinajstić information content (AvgIpc) is 3.63. The molecule has 2 aliphatic rings. The van der Waals surface area contributed by atoms with Gasteiger partial charge >= 0.3 is 0 Å². The molecule has 0 saturated carbocycles. The highest BCUT2D eigenvalue weighted by atomic mass is 15.2. The molecule has 0 spiro atoms. The number of rotatable bonds is 6. The van der Waals surface area contributed by atoms with Crippen LogP contribution in [0.4, 0.5) is 34.1 Å². The zero-order valence-electron chi connectivity index (χ0n) is 45.9. The highest BCUT2D eigenvalue weighted by Crippen LogP contribution is 2.50. The lowest BCUT2D eigenvalue weighted by Gasteiger charge is -2.44. The first-order valence-electron chi connectivity index (χ1n) is 27.5. The molecule has 0 saturated heterocycles. The number of fused-ring (bicyclic) bond motifs is 6. The Morgan fingerprint density at radius 1 is 0.273 bits per heavy atom. The number of anilines is 6. The van der Waals surface area contributed by atoms with Crippen LogP contribution in [0.5, 0.6) is 0 Å². The number of benzene rings is 11. The Kier molecular flexibility index (Phi) is 11.4. The van der Waals surface area contributed by atoms with Crippen molar-refractivity contribution in [2.75, 3.05) is 9.80 Å². The molecule has 0 unspecified atom stereocenters. The summed E-state index contributed by atoms with van der Waals surface area (Å²) in [5, 5.41) is 4.97. The van der Waals surface area contributed by atoms with Gasteiger partial charge in [0, 0.05) is 34.1 Å². The van der Waals surface area contributed by atoms with E-state index in [9.17, 15) is 0 Å². The molecule has 2 aliphatic heterocycles. The minimum Gasteiger partial charge on any atom is -0.311 e. The van der Waals surface area contributed by atoms with E-state index in [0.717, 1.165) is 16.9 Å². The maximum Gasteiger partial charge on any atom is 0.252 e. The maximum absolute atomic E-state index is 2.57. The quantitative estimate of drug-likeness (QED) is 0.121. The molecule has 77 heavy (non-hydrogen) atoms. The largest absolute Gasteiger partial charge is 0.311 e. The van der Waals surface area contributed by atoms with Gasteiger partial charge in [-0.3, -0.25) is 0 Å². The summed E-state index contributed by atoms with van der Waals surface area (Å²) in [7, 11) is 0. The van der Waals surface area contributed by atoms with Crippen LogP contribution in [0.3, 0.4) is 0 Å². The first-order chi connectivity index (χ1) is 37.1. The maximum atomic E-state index is 2.57. The summed E-state index contributed by atoms with van der Waals surface area (Å²) >= 11 is 0. The van der Waals surface area contributed by atoms with Crippen LogP contribution < -0.4 is 26.2 Å². The van der Waals surface area contributed by atoms with Crippen molar-refractivity contribution >= 4 is 78.8 Å². The van der Waals surface area contributed by atoms with Crippen LogP contribution in [-0.4, -0.2) is 6.71 Å². The molecule has 0 N–H and O–H groups in total. The molecule has 0 aliphatic carbocycles. The topological polar surface area (TPSA) is 6.48 Å². The van der Waals surface area contributed by atoms with Gasteiger partial charge in [0.15, 0.2) is 0 Å². The fourth-order valence-corrected chi connectivity index (χ4v) is 12.4. The standard InChI is InChI=1S/C74H65BN2/c1-72(2,3)54-37-38-64-66(47-54)77(58-29-17-12-18-30-58)68-45-52(44-67-71(68)75(64)63-35-23-24-36-65(63)76(67)57-27-15-11-16-28-57)50-39-49(51-42-55(73(4,5)6)46-56(43-51)74(7,8)9)40-53(41-50)70-61-33-21-19-31-59(61)69(48-25-13-10-14-26-48)60-32-20-22-34-62(60)70/h10-47H,1-9H3. The molecular weight excluding hydrogens is 928 g/mol. The Morgan fingerprint density at radius 3 is 1.17 bits per heavy atom. The number of hydrogen-bond donors (Lipinski definition) is 0. The van der Waals surface area contributed by atoms with Gasteiger partial charge in [-0.2, -0.15) is 0 Å². The van der Waals surface area contributed by atoms with Gasteiger partial charge in [-0.1, -0.05) is 226 Å². The molecule has 0 fully saturated rings. The van der Waals surface area contributed by atoms with E-state index in [4.69, 9.17) is 0 Å². The summed E-state index contributed by atoms with van der Waals surface area (Å²) in [5.41, 5.74) is 24.5. The molecule has 13 rings (SSSR count). The predicted octanol–water partition coefficient (Wildman–Crippen LogP) is 18.6. The fraction of sp³-hybridized carbons (Fsp3) is 0.162. The van der Waals surface area contributed by atoms with E-state index >= 15 is 0 Å². The van der Waals surface area contributed by atoms with Crippen molar-refractivity contribution in [1.82, 2.24) is 0 Å². The predicted molar refractivity (Wildman–Crippen MR) is 333 cm³/mol. The highest BCUT2D eigenvalue weighted by Gasteiger charge is 2.44. The van der Waals surface area contributed by atoms with Crippen molar-refractivity contribution in [1.29, 1.82) is 0 Å². The van der Waals surface area contributed by atoms with Crippen molar-refractivity contribution in [3.05, 3.63) is 247 Å². The van der Waals surface area contributed by atoms with Crippen molar-refractivity contribution in [2.24, 2.45) is 0 Å². The van der Waals surface area contributed by atoms with E-state index in [1.165, 1.54) is 116 Å². The molecule has 2 heterocycles. The van der Waals surface area contributed by atoms with Crippen LogP contribution in [0, 0.1) is 0 Å². The Labute approximate surface area is 456 Å². The summed E-state index contributed by atoms with van der Waals surface area (Å²) in [6, 6.07) is 87.4. The molecule has 2 nitrogen and oxygen atoms in total. The van der Waals surface area contributed by atoms with E-state index < -0.39 is 0 Å². The summed E-state index contributed by atoms with van der Waals surface area (Å²) in [4.78, 5) is 5.10. The normalized spacial score (nSPS) is 13.2. The van der Waals surface area contributed by atoms with Gasteiger partial charge in [0.1, 0.15) is 0 Å². The van der Waals surface area contributed by atoms with Crippen molar-refractivity contribution in [3.8, 4) is 44.5 Å². The van der Waals surface area contributed by atoms with Gasteiger partial charge in [-0.15, -0.1) is 0 Å². The molecule has 3 heteroatoms. The van der Waals surface area contributed by atoms with Gasteiger partial charge in [0.25, 0.3) is 6.71 Å². The summed E-state index contributed by atoms with van der Waals surface area (Å²) in [5.74, 6) is 0. The molecular formula is C74H65BN2. The van der Waals surface area contributed by atoms with Gasteiger partial charge in [0.05, 0.1) is 0 Å². The highest BCUT2D eigenvalue weighted by molar-refractivity contribution is 7.00. The summed E-state index contributed by atoms with van der Waals surface area (Å²) in [6.07, 6.45) is 0. The van der Waals surface area contributed by atoms with Crippen LogP contribution in [0.15, 0.2) is 231 Å². The van der Waals surface area contributed by atoms with E-state index in [2.05, 4.69) is 303 Å². The Morgan fingerprint density at radius 2 is 0.662 bits per heavy atom. The molecule has 0 atom stereocenters. The van der Waals surface area contributed by atoms with Crippen LogP contribution >= 0.6 is 0 Å². The van der Waals surface area contributed by atoms with E-state index in [1.54, 1.807) is 0 Å². The lowest BCUT2D eigenvalue weighted by Crippen LogP contribution is -2.61. The monoisotopic (exact) mass is 993 g/mol. The average molecular weight is 993 g/mol. The fourth-order valence-electron chi connectivity index (χ4n) is 12.4. The molecule has 374 valence electrons. The SMILES string of the molecule is CC(C)(C)c1cc(-c2cc(-c3cc4c5c(c3)N(c3ccccc3)c3cc(C(C)(C)C)ccc3B5c3ccccc3N4c3ccccc3)cc(-c3c4ccccc4c(-c4ccccc4)c4ccccc34)c2)cc(C(C)(C)C)c1. The number of hydrogen-bond acceptors (Lipinski definition) is 2. The second-order valence-corrected chi connectivity index (χ2v) is 24.6. The van der Waals surface area contributed by atoms with Crippen LogP contribution in [0.1, 0.15) is 79.0 Å². The third-order valence-electron chi connectivity index (χ3n) is 16.4. The molecule has 0 bridgehead atoms. The minimum absolute atomic E-state index is 0.00732. The van der Waals surface area contributed by atoms with Crippen LogP contribution in [-0.2, 0) is 16.2 Å². The van der Waals surface area contributed by atoms with Crippen molar-refractivity contribution < 1.29 is 0 Å². The van der Waals surface area contributed by atoms with Crippen LogP contribution in [0.2, 0.25) is 0 Å². The lowest BCUT2D eigenvalue weighted by molar-refractivity contribution is 0.569. The van der Waals surface area contributed by atoms with Crippen LogP contribution in [0.25, 0.3) is 66.1 Å². The first-order valence-corrected chi connectivity index (χ1v) is 27.5. The second-order valence-electron chi connectivity index (χ2n) is 24.6. The van der Waals surface area contributed by atoms with E-state index in [1.807, 2.05) is 0 Å². The molecule has 11 aromatic rings. The lowest BCUT2D eigenvalue weighted by atomic mass is 9.33. The molecule has 0 radical (unpaired) electrons. The number of nitrogens with zero attached hydrogens (tertiary/aromatic N) is 2. The summed E-state index contributed by atoms with van der Waals surface area (Å²) in [6.45, 7) is 21.1. The molecule has 0 amide bonds. The summed E-state index contributed by atoms with van der Waals surface area (Å²) < 4.78 is 0. The van der Waals surface area contributed by atoms with Gasteiger partial charge in [-0.05, 0) is 182 Å². The van der Waals surface area contributed by atoms with Gasteiger partial charge < -0.3 is 9.80 Å². The zero-order valence-corrected chi connectivity index (χ0v) is 45.9. The van der Waals surface area contributed by atoms with Gasteiger partial charge in [0.2, 0.25) is 0 Å². The molecule has 0 aromatic heterocycles. The van der Waals surface area contributed by atoms with Gasteiger partial charge in [-0.25, -0.2) is 0 Å². The second kappa shape index (κ2) is 18.1. The van der Waals surface area contributed by atoms with Crippen molar-refractivity contribution in [2.45, 2.75) is 78.6 Å². The molecule has 11 aromatic carbocycles. The Hall–Kier alpha value is -8.40. The number of para-hydroxylation sites is 3. The minimum atomic E-state index is -0.0605. The third-order valence-corrected chi connectivity index (χ3v) is 16.4. The first kappa shape index (κ1) is 48.3. The van der Waals surface area contributed by atoms with Crippen molar-refractivity contribution in [3.63, 3.8) is 0 Å². The van der Waals surface area contributed by atoms with E-state index in [0.29, 0.717) is 0 Å². The third kappa shape index (κ3) is 8.27. The smallest absolute Gasteiger partial charge is 0.252 e. The zero-order chi connectivity index (χ0) is 53.0. The Balaban J connectivity index is 1.16.